The molecule has 0 radical (unpaired) electrons. The first-order valence-electron chi connectivity index (χ1n) is 12.8. The molecule has 190 valence electrons. The number of nitrogens with two attached hydrogens (primary N) is 1. The van der Waals surface area contributed by atoms with Crippen molar-refractivity contribution in [2.75, 3.05) is 0 Å². The number of amides is 2. The van der Waals surface area contributed by atoms with Gasteiger partial charge in [-0.3, -0.25) is 9.59 Å². The van der Waals surface area contributed by atoms with Crippen LogP contribution in [0.25, 0.3) is 0 Å². The van der Waals surface area contributed by atoms with Gasteiger partial charge in [-0.05, 0) is 49.7 Å². The number of aliphatic hydroxyl groups is 2. The quantitative estimate of drug-likeness (QED) is 0.384. The lowest BCUT2D eigenvalue weighted by Crippen LogP contribution is -2.58. The Bertz CT molecular complexity index is 934. The molecule has 35 heavy (non-hydrogen) atoms. The predicted octanol–water partition coefficient (Wildman–Crippen LogP) is 4.67. The lowest BCUT2D eigenvalue weighted by molar-refractivity contribution is -0.168. The Kier molecular flexibility index (Phi) is 8.07. The third-order valence-electron chi connectivity index (χ3n) is 8.12. The van der Waals surface area contributed by atoms with Crippen molar-refractivity contribution in [2.45, 2.75) is 89.5 Å². The van der Waals surface area contributed by atoms with Gasteiger partial charge in [0.2, 0.25) is 11.8 Å². The number of nitrogens with zero attached hydrogens (tertiary/aromatic N) is 1. The van der Waals surface area contributed by atoms with Crippen LogP contribution in [0.5, 0.6) is 0 Å². The molecule has 0 bridgehead atoms. The van der Waals surface area contributed by atoms with Crippen LogP contribution in [0.2, 0.25) is 0 Å². The third kappa shape index (κ3) is 4.87. The molecule has 2 aromatic carbocycles. The molecule has 0 unspecified atom stereocenters. The molecule has 2 amide bonds. The zero-order valence-electron chi connectivity index (χ0n) is 21.4. The van der Waals surface area contributed by atoms with E-state index in [0.29, 0.717) is 38.5 Å². The predicted molar refractivity (Wildman–Crippen MR) is 137 cm³/mol. The minimum Gasteiger partial charge on any atom is -0.387 e. The second-order valence-corrected chi connectivity index (χ2v) is 9.91. The molecule has 2 aromatic rings. The smallest absolute Gasteiger partial charge is 0.239 e. The van der Waals surface area contributed by atoms with Crippen LogP contribution in [0.4, 0.5) is 0 Å². The molecular weight excluding hydrogens is 440 g/mol. The SMILES string of the molecule is CCC(O)(CC)[C@@H](c1ccccc1)N(C(=O)C1(C(N)=O)CC1)[C@H](c1ccccc1)C(O)(CC)CC. The number of benzene rings is 2. The van der Waals surface area contributed by atoms with Crippen molar-refractivity contribution < 1.29 is 19.8 Å². The Morgan fingerprint density at radius 1 is 0.800 bits per heavy atom. The Hall–Kier alpha value is -2.70. The highest BCUT2D eigenvalue weighted by Gasteiger charge is 2.61. The van der Waals surface area contributed by atoms with Gasteiger partial charge in [0.1, 0.15) is 5.41 Å². The average molecular weight is 481 g/mol. The molecule has 6 nitrogen and oxygen atoms in total. The molecule has 0 heterocycles. The third-order valence-corrected chi connectivity index (χ3v) is 8.12. The minimum atomic E-state index is -1.31. The molecule has 0 saturated heterocycles. The van der Waals surface area contributed by atoms with E-state index in [1.165, 1.54) is 0 Å². The Morgan fingerprint density at radius 3 is 1.40 bits per heavy atom. The summed E-state index contributed by atoms with van der Waals surface area (Å²) < 4.78 is 0. The summed E-state index contributed by atoms with van der Waals surface area (Å²) in [6.07, 6.45) is 2.27. The molecule has 3 rings (SSSR count). The fraction of sp³-hybridized carbons (Fsp3) is 0.517. The molecule has 1 saturated carbocycles. The highest BCUT2D eigenvalue weighted by atomic mass is 16.3. The molecule has 2 atom stereocenters. The van der Waals surface area contributed by atoms with Gasteiger partial charge in [0.25, 0.3) is 0 Å². The lowest BCUT2D eigenvalue weighted by Gasteiger charge is -2.51. The Morgan fingerprint density at radius 2 is 1.14 bits per heavy atom. The van der Waals surface area contributed by atoms with Crippen LogP contribution >= 0.6 is 0 Å². The number of carbonyl (C=O) groups is 2. The summed E-state index contributed by atoms with van der Waals surface area (Å²) >= 11 is 0. The van der Waals surface area contributed by atoms with E-state index in [1.807, 2.05) is 88.4 Å². The largest absolute Gasteiger partial charge is 0.387 e. The van der Waals surface area contributed by atoms with Gasteiger partial charge >= 0.3 is 0 Å². The summed E-state index contributed by atoms with van der Waals surface area (Å²) in [5.74, 6) is -1.08. The van der Waals surface area contributed by atoms with E-state index in [1.54, 1.807) is 4.90 Å². The zero-order valence-corrected chi connectivity index (χ0v) is 21.4. The van der Waals surface area contributed by atoms with Crippen LogP contribution in [0.1, 0.15) is 89.4 Å². The maximum atomic E-state index is 14.5. The number of primary amides is 1. The van der Waals surface area contributed by atoms with E-state index in [-0.39, 0.29) is 0 Å². The van der Waals surface area contributed by atoms with Gasteiger partial charge < -0.3 is 20.8 Å². The standard InChI is InChI=1S/C29H40N2O4/c1-5-28(34,6-2)23(21-15-11-9-12-16-21)31(26(33)27(19-20-27)25(30)32)24(29(35,7-3)8-4)22-17-13-10-14-18-22/h9-18,23-24,34-35H,5-8,19-20H2,1-4H3,(H2,30,32)/t23-,24-/m1/s1. The van der Waals surface area contributed by atoms with Crippen LogP contribution in [-0.2, 0) is 9.59 Å². The molecule has 6 heteroatoms. The molecule has 1 aliphatic rings. The summed E-state index contributed by atoms with van der Waals surface area (Å²) in [4.78, 5) is 28.6. The maximum absolute atomic E-state index is 14.5. The van der Waals surface area contributed by atoms with E-state index in [9.17, 15) is 19.8 Å². The first-order valence-corrected chi connectivity index (χ1v) is 12.8. The van der Waals surface area contributed by atoms with Gasteiger partial charge in [0.05, 0.1) is 23.3 Å². The highest BCUT2D eigenvalue weighted by molar-refractivity contribution is 6.07. The van der Waals surface area contributed by atoms with Crippen molar-refractivity contribution in [2.24, 2.45) is 11.1 Å². The molecule has 1 aliphatic carbocycles. The fourth-order valence-electron chi connectivity index (χ4n) is 5.32. The second kappa shape index (κ2) is 10.5. The zero-order chi connectivity index (χ0) is 25.9. The fourth-order valence-corrected chi connectivity index (χ4v) is 5.32. The van der Waals surface area contributed by atoms with Crippen molar-refractivity contribution in [3.8, 4) is 0 Å². The van der Waals surface area contributed by atoms with E-state index in [4.69, 9.17) is 5.73 Å². The van der Waals surface area contributed by atoms with Crippen molar-refractivity contribution in [1.29, 1.82) is 0 Å². The molecule has 0 aliphatic heterocycles. The normalized spacial score (nSPS) is 16.9. The average Bonchev–Trinajstić information content (AvgIpc) is 3.71. The van der Waals surface area contributed by atoms with Crippen LogP contribution in [0.15, 0.2) is 60.7 Å². The summed E-state index contributed by atoms with van der Waals surface area (Å²) in [6.45, 7) is 7.58. The molecule has 0 aromatic heterocycles. The molecule has 0 spiro atoms. The summed E-state index contributed by atoms with van der Waals surface area (Å²) in [6, 6.07) is 17.3. The van der Waals surface area contributed by atoms with E-state index >= 15 is 0 Å². The van der Waals surface area contributed by atoms with Gasteiger partial charge in [-0.15, -0.1) is 0 Å². The van der Waals surface area contributed by atoms with Gasteiger partial charge in [0.15, 0.2) is 0 Å². The molecule has 4 N–H and O–H groups in total. The number of carbonyl (C=O) groups excluding carboxylic acids is 2. The Balaban J connectivity index is 2.38. The Labute approximate surface area is 209 Å². The topological polar surface area (TPSA) is 104 Å². The molecule has 1 fully saturated rings. The molecular formula is C29H40N2O4. The van der Waals surface area contributed by atoms with Crippen LogP contribution < -0.4 is 5.73 Å². The van der Waals surface area contributed by atoms with Crippen LogP contribution in [0, 0.1) is 5.41 Å². The summed E-state index contributed by atoms with van der Waals surface area (Å²) in [5, 5.41) is 24.0. The summed E-state index contributed by atoms with van der Waals surface area (Å²) in [7, 11) is 0. The van der Waals surface area contributed by atoms with Gasteiger partial charge in [-0.2, -0.15) is 0 Å². The van der Waals surface area contributed by atoms with Crippen molar-refractivity contribution >= 4 is 11.8 Å². The first kappa shape index (κ1) is 26.9. The minimum absolute atomic E-state index is 0.369. The van der Waals surface area contributed by atoms with E-state index in [2.05, 4.69) is 0 Å². The van der Waals surface area contributed by atoms with Crippen LogP contribution in [-0.4, -0.2) is 38.1 Å². The van der Waals surface area contributed by atoms with E-state index < -0.39 is 40.5 Å². The van der Waals surface area contributed by atoms with Crippen molar-refractivity contribution in [3.63, 3.8) is 0 Å². The van der Waals surface area contributed by atoms with Gasteiger partial charge in [0, 0.05) is 0 Å². The number of hydrogen-bond acceptors (Lipinski definition) is 4. The maximum Gasteiger partial charge on any atom is 0.239 e. The first-order chi connectivity index (χ1) is 16.6. The monoisotopic (exact) mass is 480 g/mol. The van der Waals surface area contributed by atoms with Gasteiger partial charge in [-0.25, -0.2) is 0 Å². The second-order valence-electron chi connectivity index (χ2n) is 9.91. The lowest BCUT2D eigenvalue weighted by atomic mass is 9.76. The van der Waals surface area contributed by atoms with Crippen molar-refractivity contribution in [1.82, 2.24) is 4.90 Å². The van der Waals surface area contributed by atoms with Crippen LogP contribution in [0.3, 0.4) is 0 Å². The van der Waals surface area contributed by atoms with Crippen molar-refractivity contribution in [3.05, 3.63) is 71.8 Å². The summed E-state index contributed by atoms with van der Waals surface area (Å²) in [5.41, 5.74) is 3.39. The highest BCUT2D eigenvalue weighted by Crippen LogP contribution is 2.54. The number of hydrogen-bond donors (Lipinski definition) is 3. The van der Waals surface area contributed by atoms with E-state index in [0.717, 1.165) is 11.1 Å². The van der Waals surface area contributed by atoms with Gasteiger partial charge in [-0.1, -0.05) is 88.4 Å². The number of rotatable bonds is 12.